The summed E-state index contributed by atoms with van der Waals surface area (Å²) in [6, 6.07) is 8.36. The summed E-state index contributed by atoms with van der Waals surface area (Å²) in [6.45, 7) is 2.22. The van der Waals surface area contributed by atoms with Crippen molar-refractivity contribution >= 4 is 110 Å². The quantitative estimate of drug-likeness (QED) is 0.0256. The lowest BCUT2D eigenvalue weighted by atomic mass is 10.00. The summed E-state index contributed by atoms with van der Waals surface area (Å²) in [4.78, 5) is 211. The number of H-pyrrole nitrogens is 1. The lowest BCUT2D eigenvalue weighted by Crippen LogP contribution is -2.63. The van der Waals surface area contributed by atoms with Gasteiger partial charge in [-0.1, -0.05) is 86.6 Å². The molecular weight excluding hydrogens is 1310 g/mol. The average Bonchev–Trinajstić information content (AvgIpc) is 1.79. The Morgan fingerprint density at radius 1 is 0.634 bits per heavy atom. The minimum Gasteiger partial charge on any atom is -0.508 e. The smallest absolute Gasteiger partial charge is 0.245 e. The number of amides is 14. The van der Waals surface area contributed by atoms with Crippen molar-refractivity contribution in [2.75, 3.05) is 32.7 Å². The fourth-order valence-electron chi connectivity index (χ4n) is 12.0. The first-order valence-electron chi connectivity index (χ1n) is 33.1. The van der Waals surface area contributed by atoms with E-state index in [4.69, 9.17) is 17.2 Å². The zero-order chi connectivity index (χ0) is 73.0. The summed E-state index contributed by atoms with van der Waals surface area (Å²) >= 11 is 0. The van der Waals surface area contributed by atoms with Crippen molar-refractivity contribution in [3.8, 4) is 5.75 Å². The Hall–Kier alpha value is -11.7. The van der Waals surface area contributed by atoms with Crippen molar-refractivity contribution in [1.29, 1.82) is 0 Å². The van der Waals surface area contributed by atoms with E-state index in [0.29, 0.717) is 22.0 Å². The predicted octanol–water partition coefficient (Wildman–Crippen LogP) is -3.83. The second-order valence-corrected chi connectivity index (χ2v) is 25.5. The normalized spacial score (nSPS) is 23.2. The number of phenolic OH excluding ortho intramolecular Hbond substituents is 1. The van der Waals surface area contributed by atoms with Crippen LogP contribution in [0.3, 0.4) is 0 Å². The van der Waals surface area contributed by atoms with Crippen LogP contribution in [0.1, 0.15) is 82.4 Å². The number of nitrogens with one attached hydrogen (secondary N) is 13. The third kappa shape index (κ3) is 21.7. The number of aliphatic imine (C=N–C) groups is 1. The number of nitrogens with zero attached hydrogens (tertiary/aromatic N) is 2. The number of aromatic hydroxyl groups is 1. The maximum absolute atomic E-state index is 15.3. The Morgan fingerprint density at radius 3 is 1.97 bits per heavy atom. The maximum Gasteiger partial charge on any atom is 0.245 e. The SMILES string of the molecule is CC(=O)N[C@H](Cc1ccc2ccccc2c1)C(=O)N[C@H]1CC(=O)NCC(=O)NC[C@@H]2NC(=O)[C@H](Cc3ccc(O)cc3)NC(=O)[C@H](CC(=O)NC[C@@H](C(N)=O)NC(=O)[C@@H]3CCCN3C(=O)[C@H](CCCN=C(N)N)NC(=O)[C@H](CC(C)C)NC2=O)NC(=O)[C@@H](Cc2c[nH]c3ccccc23)NC1=O. The van der Waals surface area contributed by atoms with Crippen LogP contribution in [0.15, 0.2) is 102 Å². The van der Waals surface area contributed by atoms with Gasteiger partial charge in [-0.05, 0) is 83.7 Å². The number of primary amides is 1. The van der Waals surface area contributed by atoms with E-state index in [1.54, 1.807) is 56.4 Å². The van der Waals surface area contributed by atoms with Crippen molar-refractivity contribution < 1.29 is 72.2 Å². The largest absolute Gasteiger partial charge is 0.508 e. The molecule has 0 unspecified atom stereocenters. The average molecular weight is 1400 g/mol. The molecule has 0 aliphatic carbocycles. The minimum absolute atomic E-state index is 0.000580. The van der Waals surface area contributed by atoms with Crippen molar-refractivity contribution in [2.24, 2.45) is 28.1 Å². The highest BCUT2D eigenvalue weighted by atomic mass is 16.3. The van der Waals surface area contributed by atoms with Gasteiger partial charge in [0, 0.05) is 69.5 Å². The molecule has 5 aromatic rings. The highest BCUT2D eigenvalue weighted by Crippen LogP contribution is 2.23. The van der Waals surface area contributed by atoms with Crippen LogP contribution < -0.4 is 81.0 Å². The van der Waals surface area contributed by atoms with Gasteiger partial charge in [-0.3, -0.25) is 72.1 Å². The molecule has 1 aromatic heterocycles. The molecule has 33 nitrogen and oxygen atoms in total. The van der Waals surface area contributed by atoms with Gasteiger partial charge >= 0.3 is 0 Å². The molecule has 2 bridgehead atoms. The molecule has 3 aliphatic heterocycles. The van der Waals surface area contributed by atoms with Crippen molar-refractivity contribution in [3.05, 3.63) is 114 Å². The summed E-state index contributed by atoms with van der Waals surface area (Å²) in [5, 5.41) is 43.0. The number of hydrogen-bond acceptors (Lipinski definition) is 16. The first kappa shape index (κ1) is 75.1. The lowest BCUT2D eigenvalue weighted by Gasteiger charge is -2.31. The molecule has 3 saturated heterocycles. The minimum atomic E-state index is -2.05. The van der Waals surface area contributed by atoms with Gasteiger partial charge in [0.05, 0.1) is 19.4 Å². The Kier molecular flexibility index (Phi) is 26.2. The van der Waals surface area contributed by atoms with Crippen LogP contribution in [-0.4, -0.2) is 197 Å². The fraction of sp³-hybridized carbons (Fsp3) is 0.426. The number of carbonyl (C=O) groups is 14. The van der Waals surface area contributed by atoms with E-state index in [1.807, 2.05) is 30.3 Å². The Bertz CT molecular complexity index is 3970. The zero-order valence-corrected chi connectivity index (χ0v) is 56.0. The van der Waals surface area contributed by atoms with Crippen LogP contribution in [0, 0.1) is 5.92 Å². The van der Waals surface area contributed by atoms with E-state index in [2.05, 4.69) is 73.8 Å². The first-order valence-corrected chi connectivity index (χ1v) is 33.1. The number of phenols is 1. The number of carbonyl (C=O) groups excluding carboxylic acids is 14. The van der Waals surface area contributed by atoms with Crippen molar-refractivity contribution in [2.45, 2.75) is 145 Å². The molecule has 0 spiro atoms. The topological polar surface area (TPSA) is 513 Å². The summed E-state index contributed by atoms with van der Waals surface area (Å²) in [5.74, 6) is -15.1. The summed E-state index contributed by atoms with van der Waals surface area (Å²) in [7, 11) is 0. The van der Waals surface area contributed by atoms with E-state index in [0.717, 1.165) is 10.8 Å². The molecule has 538 valence electrons. The second kappa shape index (κ2) is 35.2. The third-order valence-electron chi connectivity index (χ3n) is 17.2. The lowest BCUT2D eigenvalue weighted by molar-refractivity contribution is -0.142. The van der Waals surface area contributed by atoms with E-state index in [9.17, 15) is 53.1 Å². The molecule has 14 amide bonds. The monoisotopic (exact) mass is 1390 g/mol. The molecule has 8 rings (SSSR count). The predicted molar refractivity (Wildman–Crippen MR) is 366 cm³/mol. The second-order valence-electron chi connectivity index (χ2n) is 25.5. The van der Waals surface area contributed by atoms with E-state index < -0.39 is 188 Å². The van der Waals surface area contributed by atoms with Crippen LogP contribution in [0.4, 0.5) is 0 Å². The van der Waals surface area contributed by atoms with Gasteiger partial charge < -0.3 is 96.0 Å². The van der Waals surface area contributed by atoms with E-state index >= 15 is 19.2 Å². The van der Waals surface area contributed by atoms with Crippen LogP contribution in [0.2, 0.25) is 0 Å². The van der Waals surface area contributed by atoms with E-state index in [-0.39, 0.29) is 74.8 Å². The number of aromatic amines is 1. The van der Waals surface area contributed by atoms with E-state index in [1.165, 1.54) is 36.1 Å². The fourth-order valence-corrected chi connectivity index (χ4v) is 12.0. The Labute approximate surface area is 579 Å². The number of nitrogens with two attached hydrogens (primary N) is 3. The molecule has 0 radical (unpaired) electrons. The molecule has 4 heterocycles. The van der Waals surface area contributed by atoms with Gasteiger partial charge in [0.15, 0.2) is 5.96 Å². The molecule has 101 heavy (non-hydrogen) atoms. The molecule has 3 aliphatic rings. The number of hydrogen-bond donors (Lipinski definition) is 17. The first-order chi connectivity index (χ1) is 48.2. The maximum atomic E-state index is 15.3. The van der Waals surface area contributed by atoms with Gasteiger partial charge in [0.1, 0.15) is 66.2 Å². The molecule has 33 heteroatoms. The van der Waals surface area contributed by atoms with Crippen LogP contribution in [-0.2, 0) is 86.4 Å². The molecule has 4 aromatic carbocycles. The standard InChI is InChI=1S/C68H86N18O15/c1-35(2)24-46-59(93)78-45(14-8-22-72-68(70)71)67(101)86-23-9-15-54(86)66(100)84-52(58(69)92)32-74-55(89)29-50-63(97)80-48(26-37-17-20-42(88)21-18-37)61(95)85-53(65(99)79-46)33-75-57(91)34-76-56(90)30-51(64(98)81-49(62(96)83-50)28-41-31-73-44-13-7-6-12-43(41)44)82-60(94)47(77-36(3)87)27-38-16-19-39-10-4-5-11-40(39)25-38/h4-7,10-13,16-21,25,31,35,45-54,73,88H,8-9,14-15,22-24,26-30,32-34H2,1-3H3,(H2,69,92)(H,74,89)(H,75,91)(H,76,90)(H,77,87)(H,78,93)(H,79,99)(H,80,97)(H,81,98)(H,82,94)(H,83,96)(H,84,100)(H,85,95)(H4,70,71,72)/t45-,46-,47+,48-,49+,50-,51-,52-,53-,54-/m0/s1. The Balaban J connectivity index is 1.23. The number of guanidine groups is 1. The van der Waals surface area contributed by atoms with Crippen molar-refractivity contribution in [3.63, 3.8) is 0 Å². The van der Waals surface area contributed by atoms with Gasteiger partial charge in [-0.15, -0.1) is 0 Å². The highest BCUT2D eigenvalue weighted by Gasteiger charge is 2.41. The van der Waals surface area contributed by atoms with Crippen LogP contribution in [0.25, 0.3) is 21.7 Å². The molecule has 20 N–H and O–H groups in total. The highest BCUT2D eigenvalue weighted by molar-refractivity contribution is 6.02. The van der Waals surface area contributed by atoms with Gasteiger partial charge in [-0.2, -0.15) is 0 Å². The van der Waals surface area contributed by atoms with Gasteiger partial charge in [-0.25, -0.2) is 0 Å². The molecular formula is C68H86N18O15. The molecule has 3 fully saturated rings. The third-order valence-corrected chi connectivity index (χ3v) is 17.2. The summed E-state index contributed by atoms with van der Waals surface area (Å²) < 4.78 is 0. The summed E-state index contributed by atoms with van der Waals surface area (Å²) in [5.41, 5.74) is 18.8. The van der Waals surface area contributed by atoms with Gasteiger partial charge in [0.2, 0.25) is 82.7 Å². The number of para-hydroxylation sites is 1. The molecule has 0 saturated carbocycles. The summed E-state index contributed by atoms with van der Waals surface area (Å²) in [6.07, 6.45) is -1.14. The van der Waals surface area contributed by atoms with Crippen LogP contribution >= 0.6 is 0 Å². The number of aromatic nitrogens is 1. The van der Waals surface area contributed by atoms with Gasteiger partial charge in [0.25, 0.3) is 0 Å². The number of fused-ring (bicyclic) bond motifs is 9. The number of rotatable bonds is 16. The molecule has 10 atom stereocenters. The van der Waals surface area contributed by atoms with Crippen molar-refractivity contribution in [1.82, 2.24) is 73.7 Å². The number of benzene rings is 4. The zero-order valence-electron chi connectivity index (χ0n) is 56.0. The Morgan fingerprint density at radius 2 is 1.26 bits per heavy atom. The van der Waals surface area contributed by atoms with Crippen LogP contribution in [0.5, 0.6) is 5.75 Å².